The highest BCUT2D eigenvalue weighted by Crippen LogP contribution is 2.24. The van der Waals surface area contributed by atoms with Gasteiger partial charge in [-0.05, 0) is 24.3 Å². The molecule has 0 aliphatic carbocycles. The molecule has 1 aromatic carbocycles. The molecule has 0 aliphatic rings. The molecule has 0 bridgehead atoms. The quantitative estimate of drug-likeness (QED) is 0.897. The highest BCUT2D eigenvalue weighted by atomic mass is 19.1. The Kier molecular flexibility index (Phi) is 4.16. The van der Waals surface area contributed by atoms with Crippen LogP contribution in [0.5, 0.6) is 0 Å². The molecule has 1 atom stereocenters. The molecule has 5 heteroatoms. The smallest absolute Gasteiger partial charge is 0.143 e. The van der Waals surface area contributed by atoms with E-state index < -0.39 is 5.82 Å². The van der Waals surface area contributed by atoms with E-state index in [2.05, 4.69) is 5.32 Å². The molecule has 0 saturated carbocycles. The summed E-state index contributed by atoms with van der Waals surface area (Å²) in [7, 11) is 1.56. The van der Waals surface area contributed by atoms with Crippen LogP contribution in [0.15, 0.2) is 41.0 Å². The number of nitriles is 1. The SMILES string of the molecule is COCC(Nc1cccc(F)c1C#N)c1ccco1. The summed E-state index contributed by atoms with van der Waals surface area (Å²) >= 11 is 0. The van der Waals surface area contributed by atoms with Gasteiger partial charge in [0, 0.05) is 7.11 Å². The van der Waals surface area contributed by atoms with Crippen molar-refractivity contribution in [2.75, 3.05) is 19.0 Å². The molecule has 1 unspecified atom stereocenters. The van der Waals surface area contributed by atoms with Crippen molar-refractivity contribution in [3.63, 3.8) is 0 Å². The van der Waals surface area contributed by atoms with Gasteiger partial charge in [-0.15, -0.1) is 0 Å². The number of halogens is 1. The van der Waals surface area contributed by atoms with Crippen LogP contribution >= 0.6 is 0 Å². The lowest BCUT2D eigenvalue weighted by molar-refractivity contribution is 0.179. The number of methoxy groups -OCH3 is 1. The summed E-state index contributed by atoms with van der Waals surface area (Å²) in [4.78, 5) is 0. The van der Waals surface area contributed by atoms with Gasteiger partial charge in [0.25, 0.3) is 0 Å². The van der Waals surface area contributed by atoms with Gasteiger partial charge in [0.05, 0.1) is 18.6 Å². The second-order valence-corrected chi connectivity index (χ2v) is 3.94. The minimum atomic E-state index is -0.553. The molecular formula is C14H13FN2O2. The Balaban J connectivity index is 2.28. The van der Waals surface area contributed by atoms with Crippen LogP contribution in [0.1, 0.15) is 17.4 Å². The first-order valence-corrected chi connectivity index (χ1v) is 5.73. The maximum atomic E-state index is 13.5. The van der Waals surface area contributed by atoms with Crippen LogP contribution in [-0.4, -0.2) is 13.7 Å². The largest absolute Gasteiger partial charge is 0.467 e. The monoisotopic (exact) mass is 260 g/mol. The van der Waals surface area contributed by atoms with Gasteiger partial charge in [0.15, 0.2) is 0 Å². The van der Waals surface area contributed by atoms with E-state index in [-0.39, 0.29) is 11.6 Å². The summed E-state index contributed by atoms with van der Waals surface area (Å²) in [5.74, 6) is 0.109. The number of hydrogen-bond donors (Lipinski definition) is 1. The predicted octanol–water partition coefficient (Wildman–Crippen LogP) is 3.09. The third-order valence-corrected chi connectivity index (χ3v) is 2.68. The standard InChI is InChI=1S/C14H13FN2O2/c1-18-9-13(14-6-3-7-19-14)17-12-5-2-4-11(15)10(12)8-16/h2-7,13,17H,9H2,1H3. The van der Waals surface area contributed by atoms with Crippen molar-refractivity contribution in [1.82, 2.24) is 0 Å². The average molecular weight is 260 g/mol. The van der Waals surface area contributed by atoms with Crippen molar-refractivity contribution >= 4 is 5.69 Å². The number of anilines is 1. The van der Waals surface area contributed by atoms with E-state index in [0.29, 0.717) is 18.1 Å². The molecule has 0 aliphatic heterocycles. The summed E-state index contributed by atoms with van der Waals surface area (Å²) in [6.45, 7) is 0.342. The molecule has 0 spiro atoms. The first kappa shape index (κ1) is 13.1. The minimum Gasteiger partial charge on any atom is -0.467 e. The fourth-order valence-electron chi connectivity index (χ4n) is 1.80. The Labute approximate surface area is 110 Å². The lowest BCUT2D eigenvalue weighted by atomic mass is 10.1. The van der Waals surface area contributed by atoms with Gasteiger partial charge in [-0.25, -0.2) is 4.39 Å². The van der Waals surface area contributed by atoms with Gasteiger partial charge < -0.3 is 14.5 Å². The maximum Gasteiger partial charge on any atom is 0.143 e. The Morgan fingerprint density at radius 1 is 1.42 bits per heavy atom. The summed E-state index contributed by atoms with van der Waals surface area (Å²) in [5.41, 5.74) is 0.399. The lowest BCUT2D eigenvalue weighted by Gasteiger charge is -2.18. The van der Waals surface area contributed by atoms with Crippen molar-refractivity contribution in [2.24, 2.45) is 0 Å². The molecule has 2 rings (SSSR count). The van der Waals surface area contributed by atoms with Crippen LogP contribution in [0.3, 0.4) is 0 Å². The fraction of sp³-hybridized carbons (Fsp3) is 0.214. The van der Waals surface area contributed by atoms with Crippen molar-refractivity contribution in [1.29, 1.82) is 5.26 Å². The second-order valence-electron chi connectivity index (χ2n) is 3.94. The number of rotatable bonds is 5. The van der Waals surface area contributed by atoms with E-state index in [1.165, 1.54) is 6.07 Å². The zero-order valence-corrected chi connectivity index (χ0v) is 10.4. The Bertz CT molecular complexity index is 576. The summed E-state index contributed by atoms with van der Waals surface area (Å²) in [6, 6.07) is 9.56. The summed E-state index contributed by atoms with van der Waals surface area (Å²) in [6.07, 6.45) is 1.55. The topological polar surface area (TPSA) is 58.2 Å². The van der Waals surface area contributed by atoms with Gasteiger partial charge in [0.1, 0.15) is 29.3 Å². The van der Waals surface area contributed by atoms with Crippen molar-refractivity contribution in [3.05, 3.63) is 53.7 Å². The molecule has 1 heterocycles. The van der Waals surface area contributed by atoms with E-state index in [1.54, 1.807) is 37.6 Å². The fourth-order valence-corrected chi connectivity index (χ4v) is 1.80. The van der Waals surface area contributed by atoms with Crippen LogP contribution in [0, 0.1) is 17.1 Å². The van der Waals surface area contributed by atoms with Crippen LogP contribution < -0.4 is 5.32 Å². The molecule has 4 nitrogen and oxygen atoms in total. The Hall–Kier alpha value is -2.32. The van der Waals surface area contributed by atoms with E-state index in [4.69, 9.17) is 14.4 Å². The molecule has 0 amide bonds. The molecule has 1 N–H and O–H groups in total. The molecule has 1 aromatic heterocycles. The van der Waals surface area contributed by atoms with E-state index in [1.807, 2.05) is 6.07 Å². The first-order valence-electron chi connectivity index (χ1n) is 5.73. The number of nitrogens with one attached hydrogen (secondary N) is 1. The number of nitrogens with zero attached hydrogens (tertiary/aromatic N) is 1. The van der Waals surface area contributed by atoms with Crippen LogP contribution in [0.25, 0.3) is 0 Å². The zero-order valence-electron chi connectivity index (χ0n) is 10.4. The lowest BCUT2D eigenvalue weighted by Crippen LogP contribution is -2.16. The van der Waals surface area contributed by atoms with Crippen LogP contribution in [0.2, 0.25) is 0 Å². The Morgan fingerprint density at radius 2 is 2.26 bits per heavy atom. The summed E-state index contributed by atoms with van der Waals surface area (Å²) in [5, 5.41) is 12.0. The van der Waals surface area contributed by atoms with E-state index >= 15 is 0 Å². The number of ether oxygens (including phenoxy) is 1. The Morgan fingerprint density at radius 3 is 2.89 bits per heavy atom. The zero-order chi connectivity index (χ0) is 13.7. The highest BCUT2D eigenvalue weighted by molar-refractivity contribution is 5.58. The van der Waals surface area contributed by atoms with Crippen molar-refractivity contribution in [2.45, 2.75) is 6.04 Å². The predicted molar refractivity (Wildman–Crippen MR) is 68.1 cm³/mol. The first-order chi connectivity index (χ1) is 9.26. The van der Waals surface area contributed by atoms with Crippen LogP contribution in [0.4, 0.5) is 10.1 Å². The highest BCUT2D eigenvalue weighted by Gasteiger charge is 2.17. The molecule has 0 radical (unpaired) electrons. The second kappa shape index (κ2) is 6.03. The maximum absolute atomic E-state index is 13.5. The van der Waals surface area contributed by atoms with Gasteiger partial charge in [-0.3, -0.25) is 0 Å². The average Bonchev–Trinajstić information content (AvgIpc) is 2.92. The molecule has 0 fully saturated rings. The van der Waals surface area contributed by atoms with Gasteiger partial charge in [0.2, 0.25) is 0 Å². The number of benzene rings is 1. The van der Waals surface area contributed by atoms with E-state index in [0.717, 1.165) is 0 Å². The molecular weight excluding hydrogens is 247 g/mol. The van der Waals surface area contributed by atoms with Gasteiger partial charge >= 0.3 is 0 Å². The third kappa shape index (κ3) is 2.92. The number of furan rings is 1. The molecule has 98 valence electrons. The summed E-state index contributed by atoms with van der Waals surface area (Å²) < 4.78 is 23.9. The van der Waals surface area contributed by atoms with Crippen molar-refractivity contribution < 1.29 is 13.5 Å². The number of hydrogen-bond acceptors (Lipinski definition) is 4. The van der Waals surface area contributed by atoms with Crippen molar-refractivity contribution in [3.8, 4) is 6.07 Å². The van der Waals surface area contributed by atoms with E-state index in [9.17, 15) is 4.39 Å². The molecule has 19 heavy (non-hydrogen) atoms. The van der Waals surface area contributed by atoms with Crippen LogP contribution in [-0.2, 0) is 4.74 Å². The molecule has 2 aromatic rings. The third-order valence-electron chi connectivity index (χ3n) is 2.68. The minimum absolute atomic E-state index is 0.0184. The van der Waals surface area contributed by atoms with Gasteiger partial charge in [-0.2, -0.15) is 5.26 Å². The van der Waals surface area contributed by atoms with Gasteiger partial charge in [-0.1, -0.05) is 6.07 Å². The molecule has 0 saturated heterocycles. The normalized spacial score (nSPS) is 11.8.